The molecule has 0 radical (unpaired) electrons. The van der Waals surface area contributed by atoms with Crippen molar-refractivity contribution in [1.29, 1.82) is 0 Å². The fourth-order valence-corrected chi connectivity index (χ4v) is 1.74. The lowest BCUT2D eigenvalue weighted by Gasteiger charge is -2.21. The molecule has 0 unspecified atom stereocenters. The molecule has 2 rings (SSSR count). The number of urea groups is 1. The van der Waals surface area contributed by atoms with Crippen LogP contribution in [0.15, 0.2) is 24.3 Å². The summed E-state index contributed by atoms with van der Waals surface area (Å²) >= 11 is 0. The highest BCUT2D eigenvalue weighted by Crippen LogP contribution is 2.31. The van der Waals surface area contributed by atoms with Crippen LogP contribution < -0.4 is 10.6 Å². The number of imide groups is 1. The normalized spacial score (nSPS) is 23.8. The maximum atomic E-state index is 12.4. The van der Waals surface area contributed by atoms with Gasteiger partial charge in [0, 0.05) is 0 Å². The smallest absolute Gasteiger partial charge is 0.320 e. The van der Waals surface area contributed by atoms with Crippen molar-refractivity contribution in [1.82, 2.24) is 10.6 Å². The largest absolute Gasteiger partial charge is 0.416 e. The maximum absolute atomic E-state index is 12.4. The molecule has 0 spiro atoms. The van der Waals surface area contributed by atoms with Gasteiger partial charge < -0.3 is 5.32 Å². The average molecular weight is 258 g/mol. The van der Waals surface area contributed by atoms with E-state index in [1.54, 1.807) is 0 Å². The molecule has 0 bridgehead atoms. The van der Waals surface area contributed by atoms with Crippen LogP contribution in [0, 0.1) is 0 Å². The third kappa shape index (κ3) is 1.92. The molecule has 1 aliphatic heterocycles. The van der Waals surface area contributed by atoms with Gasteiger partial charge in [-0.05, 0) is 24.6 Å². The number of rotatable bonds is 1. The predicted octanol–water partition coefficient (Wildman–Crippen LogP) is 1.76. The summed E-state index contributed by atoms with van der Waals surface area (Å²) in [6, 6.07) is 3.43. The minimum atomic E-state index is -4.43. The summed E-state index contributed by atoms with van der Waals surface area (Å²) in [5.41, 5.74) is -1.85. The van der Waals surface area contributed by atoms with E-state index in [1.165, 1.54) is 19.1 Å². The predicted molar refractivity (Wildman–Crippen MR) is 55.5 cm³/mol. The first-order valence-electron chi connectivity index (χ1n) is 5.05. The number of benzene rings is 1. The molecule has 7 heteroatoms. The van der Waals surface area contributed by atoms with Crippen molar-refractivity contribution >= 4 is 11.9 Å². The van der Waals surface area contributed by atoms with Gasteiger partial charge in [-0.25, -0.2) is 4.79 Å². The molecular weight excluding hydrogens is 249 g/mol. The van der Waals surface area contributed by atoms with Gasteiger partial charge in [-0.1, -0.05) is 12.1 Å². The van der Waals surface area contributed by atoms with Gasteiger partial charge in [0.15, 0.2) is 0 Å². The van der Waals surface area contributed by atoms with Gasteiger partial charge in [0.1, 0.15) is 5.54 Å². The lowest BCUT2D eigenvalue weighted by molar-refractivity contribution is -0.137. The third-order valence-corrected chi connectivity index (χ3v) is 2.83. The molecule has 0 saturated carbocycles. The molecule has 1 aliphatic rings. The van der Waals surface area contributed by atoms with Crippen molar-refractivity contribution in [2.45, 2.75) is 18.6 Å². The Balaban J connectivity index is 2.36. The Morgan fingerprint density at radius 2 is 1.67 bits per heavy atom. The topological polar surface area (TPSA) is 58.2 Å². The molecule has 0 aromatic heterocycles. The van der Waals surface area contributed by atoms with E-state index < -0.39 is 29.2 Å². The van der Waals surface area contributed by atoms with E-state index >= 15 is 0 Å². The van der Waals surface area contributed by atoms with Crippen LogP contribution in [0.5, 0.6) is 0 Å². The molecule has 1 heterocycles. The molecule has 3 amide bonds. The van der Waals surface area contributed by atoms with Crippen molar-refractivity contribution in [2.75, 3.05) is 0 Å². The number of alkyl halides is 3. The zero-order valence-electron chi connectivity index (χ0n) is 9.26. The van der Waals surface area contributed by atoms with Gasteiger partial charge in [0.2, 0.25) is 0 Å². The molecule has 1 atom stereocenters. The standard InChI is InChI=1S/C11H9F3N2O2/c1-10(8(17)15-9(18)16-10)6-2-4-7(5-3-6)11(12,13)14/h2-5H,1H3,(H2,15,16,17,18)/t10-/m1/s1. The lowest BCUT2D eigenvalue weighted by atomic mass is 9.91. The Hall–Kier alpha value is -2.05. The molecule has 0 aliphatic carbocycles. The summed E-state index contributed by atoms with van der Waals surface area (Å²) in [4.78, 5) is 22.6. The zero-order valence-corrected chi connectivity index (χ0v) is 9.26. The highest BCUT2D eigenvalue weighted by Gasteiger charge is 2.43. The monoisotopic (exact) mass is 258 g/mol. The molecule has 96 valence electrons. The first kappa shape index (κ1) is 12.4. The van der Waals surface area contributed by atoms with Crippen molar-refractivity contribution in [2.24, 2.45) is 0 Å². The second kappa shape index (κ2) is 3.72. The summed E-state index contributed by atoms with van der Waals surface area (Å²) in [6.45, 7) is 1.43. The third-order valence-electron chi connectivity index (χ3n) is 2.83. The number of carbonyl (C=O) groups is 2. The number of hydrogen-bond donors (Lipinski definition) is 2. The summed E-state index contributed by atoms with van der Waals surface area (Å²) in [5.74, 6) is -0.591. The Morgan fingerprint density at radius 3 is 2.06 bits per heavy atom. The fourth-order valence-electron chi connectivity index (χ4n) is 1.74. The van der Waals surface area contributed by atoms with Crippen molar-refractivity contribution in [3.8, 4) is 0 Å². The Kier molecular flexibility index (Phi) is 2.57. The van der Waals surface area contributed by atoms with Crippen LogP contribution in [0.4, 0.5) is 18.0 Å². The Labute approximate surface area is 100 Å². The van der Waals surface area contributed by atoms with Crippen molar-refractivity contribution < 1.29 is 22.8 Å². The molecular formula is C11H9F3N2O2. The van der Waals surface area contributed by atoms with Crippen LogP contribution in [-0.4, -0.2) is 11.9 Å². The van der Waals surface area contributed by atoms with Crippen molar-refractivity contribution in [3.63, 3.8) is 0 Å². The van der Waals surface area contributed by atoms with Crippen molar-refractivity contribution in [3.05, 3.63) is 35.4 Å². The first-order chi connectivity index (χ1) is 8.23. The summed E-state index contributed by atoms with van der Waals surface area (Å²) in [6.07, 6.45) is -4.43. The molecule has 4 nitrogen and oxygen atoms in total. The van der Waals surface area contributed by atoms with Crippen LogP contribution in [0.25, 0.3) is 0 Å². The second-order valence-electron chi connectivity index (χ2n) is 4.11. The van der Waals surface area contributed by atoms with Crippen LogP contribution in [0.1, 0.15) is 18.1 Å². The number of hydrogen-bond acceptors (Lipinski definition) is 2. The quantitative estimate of drug-likeness (QED) is 0.754. The summed E-state index contributed by atoms with van der Waals surface area (Å²) in [5, 5.41) is 4.41. The average Bonchev–Trinajstić information content (AvgIpc) is 2.53. The van der Waals surface area contributed by atoms with Gasteiger partial charge in [-0.3, -0.25) is 10.1 Å². The number of carbonyl (C=O) groups excluding carboxylic acids is 2. The number of halogens is 3. The van der Waals surface area contributed by atoms with E-state index in [1.807, 2.05) is 5.32 Å². The van der Waals surface area contributed by atoms with Gasteiger partial charge >= 0.3 is 12.2 Å². The molecule has 18 heavy (non-hydrogen) atoms. The van der Waals surface area contributed by atoms with Crippen LogP contribution >= 0.6 is 0 Å². The number of amides is 3. The van der Waals surface area contributed by atoms with Gasteiger partial charge in [0.25, 0.3) is 5.91 Å². The minimum absolute atomic E-state index is 0.291. The van der Waals surface area contributed by atoms with Crippen LogP contribution in [-0.2, 0) is 16.5 Å². The SMILES string of the molecule is C[C@]1(c2ccc(C(F)(F)F)cc2)NC(=O)NC1=O. The maximum Gasteiger partial charge on any atom is 0.416 e. The second-order valence-corrected chi connectivity index (χ2v) is 4.11. The Morgan fingerprint density at radius 1 is 1.11 bits per heavy atom. The molecule has 1 aromatic carbocycles. The molecule has 1 saturated heterocycles. The summed E-state index contributed by atoms with van der Waals surface area (Å²) in [7, 11) is 0. The lowest BCUT2D eigenvalue weighted by Crippen LogP contribution is -2.40. The van der Waals surface area contributed by atoms with Gasteiger partial charge in [-0.15, -0.1) is 0 Å². The number of nitrogens with one attached hydrogen (secondary N) is 2. The summed E-state index contributed by atoms with van der Waals surface area (Å²) < 4.78 is 37.1. The highest BCUT2D eigenvalue weighted by atomic mass is 19.4. The van der Waals surface area contributed by atoms with Crippen LogP contribution in [0.2, 0.25) is 0 Å². The van der Waals surface area contributed by atoms with Crippen LogP contribution in [0.3, 0.4) is 0 Å². The van der Waals surface area contributed by atoms with E-state index in [0.29, 0.717) is 5.56 Å². The van der Waals surface area contributed by atoms with E-state index in [2.05, 4.69) is 5.32 Å². The highest BCUT2D eigenvalue weighted by molar-refractivity contribution is 6.07. The fraction of sp³-hybridized carbons (Fsp3) is 0.273. The van der Waals surface area contributed by atoms with Gasteiger partial charge in [0.05, 0.1) is 5.56 Å². The Bertz CT molecular complexity index is 510. The molecule has 1 aromatic rings. The minimum Gasteiger partial charge on any atom is -0.320 e. The van der Waals surface area contributed by atoms with E-state index in [0.717, 1.165) is 12.1 Å². The first-order valence-corrected chi connectivity index (χ1v) is 5.05. The van der Waals surface area contributed by atoms with E-state index in [-0.39, 0.29) is 0 Å². The zero-order chi connectivity index (χ0) is 13.6. The molecule has 2 N–H and O–H groups in total. The van der Waals surface area contributed by atoms with E-state index in [9.17, 15) is 22.8 Å². The van der Waals surface area contributed by atoms with E-state index in [4.69, 9.17) is 0 Å². The van der Waals surface area contributed by atoms with Gasteiger partial charge in [-0.2, -0.15) is 13.2 Å². The molecule has 1 fully saturated rings.